The van der Waals surface area contributed by atoms with Crippen molar-refractivity contribution in [2.45, 2.75) is 24.6 Å². The lowest BCUT2D eigenvalue weighted by Gasteiger charge is -2.22. The fraction of sp³-hybridized carbons (Fsp3) is 0.350. The van der Waals surface area contributed by atoms with Crippen LogP contribution in [0.2, 0.25) is 0 Å². The van der Waals surface area contributed by atoms with Gasteiger partial charge < -0.3 is 5.32 Å². The average molecular weight is 546 g/mol. The largest absolute Gasteiger partial charge is 0.350 e. The van der Waals surface area contributed by atoms with Gasteiger partial charge in [0.2, 0.25) is 5.91 Å². The minimum atomic E-state index is 0.0492. The van der Waals surface area contributed by atoms with Crippen molar-refractivity contribution in [2.75, 3.05) is 17.3 Å². The van der Waals surface area contributed by atoms with E-state index in [0.29, 0.717) is 11.7 Å². The normalized spacial score (nSPS) is 24.8. The molecule has 0 radical (unpaired) electrons. The van der Waals surface area contributed by atoms with Crippen molar-refractivity contribution in [2.24, 2.45) is 0 Å². The molecule has 158 valence electrons. The van der Waals surface area contributed by atoms with Crippen LogP contribution in [0.1, 0.15) is 24.9 Å². The molecule has 0 saturated heterocycles. The van der Waals surface area contributed by atoms with E-state index >= 15 is 0 Å². The van der Waals surface area contributed by atoms with Crippen molar-refractivity contribution in [1.82, 2.24) is 5.32 Å². The molecule has 4 aliphatic heterocycles. The molecule has 0 saturated carbocycles. The van der Waals surface area contributed by atoms with Gasteiger partial charge in [0.05, 0.1) is 31.5 Å². The maximum Gasteiger partial charge on any atom is 0.221 e. The lowest BCUT2D eigenvalue weighted by Crippen LogP contribution is -2.30. The molecule has 30 heavy (non-hydrogen) atoms. The summed E-state index contributed by atoms with van der Waals surface area (Å²) < 4.78 is 8.75. The summed E-state index contributed by atoms with van der Waals surface area (Å²) in [5.41, 5.74) is 1.15. The van der Waals surface area contributed by atoms with Gasteiger partial charge in [0.15, 0.2) is 0 Å². The first-order valence-electron chi connectivity index (χ1n) is 9.49. The van der Waals surface area contributed by atoms with Crippen LogP contribution in [0.5, 0.6) is 0 Å². The van der Waals surface area contributed by atoms with Gasteiger partial charge >= 0.3 is 0 Å². The minimum Gasteiger partial charge on any atom is -0.350 e. The molecule has 0 aliphatic carbocycles. The molecule has 1 aromatic rings. The van der Waals surface area contributed by atoms with Gasteiger partial charge in [0.25, 0.3) is 0 Å². The predicted octanol–water partition coefficient (Wildman–Crippen LogP) is 7.92. The third-order valence-corrected chi connectivity index (χ3v) is 16.9. The number of benzene rings is 1. The molecule has 1 amide bonds. The van der Waals surface area contributed by atoms with Gasteiger partial charge in [0, 0.05) is 28.9 Å². The number of carbonyl (C=O) groups is 1. The first kappa shape index (κ1) is 22.5. The summed E-state index contributed by atoms with van der Waals surface area (Å²) in [4.78, 5) is 12.6. The Labute approximate surface area is 211 Å². The van der Waals surface area contributed by atoms with Gasteiger partial charge in [-0.1, -0.05) is 77.4 Å². The van der Waals surface area contributed by atoms with E-state index in [9.17, 15) is 4.79 Å². The van der Waals surface area contributed by atoms with Gasteiger partial charge in [-0.2, -0.15) is 0 Å². The van der Waals surface area contributed by atoms with Crippen molar-refractivity contribution in [3.05, 3.63) is 61.3 Å². The van der Waals surface area contributed by atoms with E-state index in [1.807, 2.05) is 112 Å². The van der Waals surface area contributed by atoms with Crippen LogP contribution >= 0.6 is 94.1 Å². The molecule has 0 aromatic heterocycles. The molecule has 0 bridgehead atoms. The van der Waals surface area contributed by atoms with Crippen LogP contribution < -0.4 is 5.32 Å². The zero-order valence-corrected chi connectivity index (χ0v) is 22.6. The summed E-state index contributed by atoms with van der Waals surface area (Å²) in [6.45, 7) is 2.06. The first-order valence-corrected chi connectivity index (χ1v) is 16.6. The first-order chi connectivity index (χ1) is 14.7. The maximum absolute atomic E-state index is 12.6. The Morgan fingerprint density at radius 3 is 2.17 bits per heavy atom. The molecule has 0 spiro atoms. The van der Waals surface area contributed by atoms with Crippen LogP contribution in [-0.4, -0.2) is 28.4 Å². The molecule has 1 aromatic carbocycles. The second-order valence-electron chi connectivity index (χ2n) is 6.78. The second-order valence-corrected chi connectivity index (χ2v) is 17.0. The van der Waals surface area contributed by atoms with Crippen LogP contribution in [0.4, 0.5) is 0 Å². The summed E-state index contributed by atoms with van der Waals surface area (Å²) in [5.74, 6) is 3.61. The number of amides is 1. The molecule has 2 nitrogen and oxygen atoms in total. The van der Waals surface area contributed by atoms with Gasteiger partial charge in [0.1, 0.15) is 0 Å². The Bertz CT molecular complexity index is 921. The highest BCUT2D eigenvalue weighted by atomic mass is 32.3. The molecule has 4 aliphatic rings. The second kappa shape index (κ2) is 10.3. The van der Waals surface area contributed by atoms with E-state index in [2.05, 4.69) is 24.4 Å². The number of nitrogens with one attached hydrogen (secondary N) is 1. The summed E-state index contributed by atoms with van der Waals surface area (Å²) in [6, 6.07) is 10.2. The fourth-order valence-electron chi connectivity index (χ4n) is 3.10. The lowest BCUT2D eigenvalue weighted by atomic mass is 10.1. The number of thioether (sulfide) groups is 8. The molecule has 10 heteroatoms. The Morgan fingerprint density at radius 2 is 1.50 bits per heavy atom. The zero-order chi connectivity index (χ0) is 20.5. The molecule has 5 rings (SSSR count). The van der Waals surface area contributed by atoms with Crippen molar-refractivity contribution < 1.29 is 4.79 Å². The highest BCUT2D eigenvalue weighted by Gasteiger charge is 2.35. The van der Waals surface area contributed by atoms with Gasteiger partial charge in [-0.3, -0.25) is 4.79 Å². The van der Waals surface area contributed by atoms with Crippen LogP contribution in [0.3, 0.4) is 0 Å². The van der Waals surface area contributed by atoms with Crippen LogP contribution in [-0.2, 0) is 4.79 Å². The molecule has 0 unspecified atom stereocenters. The zero-order valence-electron chi connectivity index (χ0n) is 16.0. The van der Waals surface area contributed by atoms with E-state index < -0.39 is 0 Å². The number of rotatable bonds is 4. The van der Waals surface area contributed by atoms with Crippen molar-refractivity contribution >= 4 is 100 Å². The average Bonchev–Trinajstić information content (AvgIpc) is 3.38. The predicted molar refractivity (Wildman–Crippen MR) is 148 cm³/mol. The SMILES string of the molecule is C[C@@H](NC(=O)C[C@@H]1CSC2=C(SC(=C3SC4=C(SCCS4)S3)S2)S1)c1ccccc1. The van der Waals surface area contributed by atoms with Gasteiger partial charge in [-0.25, -0.2) is 0 Å². The highest BCUT2D eigenvalue weighted by molar-refractivity contribution is 8.45. The minimum absolute atomic E-state index is 0.0492. The Hall–Kier alpha value is 0.710. The Morgan fingerprint density at radius 1 is 0.900 bits per heavy atom. The maximum atomic E-state index is 12.6. The quantitative estimate of drug-likeness (QED) is 0.405. The van der Waals surface area contributed by atoms with E-state index in [-0.39, 0.29) is 11.9 Å². The van der Waals surface area contributed by atoms with E-state index in [4.69, 9.17) is 0 Å². The lowest BCUT2D eigenvalue weighted by molar-refractivity contribution is -0.121. The standard InChI is InChI=1S/C20H19NOS8/c1-11(12-5-3-2-4-6-12)21-14(22)9-13-10-25-17-18(26-13)30-20(29-17)19-27-15-16(28-19)24-8-7-23-15/h2-6,11,13H,7-10H2,1H3,(H,21,22)/t11-,13-/m1/s1. The molecular formula is C20H19NOS8. The monoisotopic (exact) mass is 545 g/mol. The van der Waals surface area contributed by atoms with E-state index in [1.54, 1.807) is 0 Å². The third kappa shape index (κ3) is 5.26. The van der Waals surface area contributed by atoms with Gasteiger partial charge in [-0.15, -0.1) is 47.0 Å². The molecule has 1 N–H and O–H groups in total. The number of carbonyl (C=O) groups excluding carboxylic acids is 1. The highest BCUT2D eigenvalue weighted by Crippen LogP contribution is 2.68. The molecule has 0 fully saturated rings. The van der Waals surface area contributed by atoms with Crippen LogP contribution in [0.15, 0.2) is 55.8 Å². The fourth-order valence-corrected chi connectivity index (χ4v) is 15.7. The smallest absolute Gasteiger partial charge is 0.221 e. The van der Waals surface area contributed by atoms with E-state index in [0.717, 1.165) is 11.3 Å². The summed E-state index contributed by atoms with van der Waals surface area (Å²) in [7, 11) is 0. The van der Waals surface area contributed by atoms with E-state index in [1.165, 1.54) is 36.9 Å². The number of hydrogen-bond donors (Lipinski definition) is 1. The van der Waals surface area contributed by atoms with Crippen molar-refractivity contribution in [3.8, 4) is 0 Å². The van der Waals surface area contributed by atoms with Crippen LogP contribution in [0, 0.1) is 0 Å². The van der Waals surface area contributed by atoms with Crippen molar-refractivity contribution in [3.63, 3.8) is 0 Å². The summed E-state index contributed by atoms with van der Waals surface area (Å²) in [6.07, 6.45) is 0.579. The molecule has 2 atom stereocenters. The topological polar surface area (TPSA) is 29.1 Å². The Balaban J connectivity index is 1.15. The molecule has 4 heterocycles. The van der Waals surface area contributed by atoms with Gasteiger partial charge in [-0.05, 0) is 12.5 Å². The molecular weight excluding hydrogens is 527 g/mol. The van der Waals surface area contributed by atoms with Crippen molar-refractivity contribution in [1.29, 1.82) is 0 Å². The number of hydrogen-bond acceptors (Lipinski definition) is 9. The third-order valence-electron chi connectivity index (χ3n) is 4.56. The van der Waals surface area contributed by atoms with Crippen LogP contribution in [0.25, 0.3) is 0 Å². The summed E-state index contributed by atoms with van der Waals surface area (Å²) in [5, 5.41) is 3.51. The summed E-state index contributed by atoms with van der Waals surface area (Å²) >= 11 is 15.7. The Kier molecular flexibility index (Phi) is 7.74.